The van der Waals surface area contributed by atoms with Gasteiger partial charge in [-0.3, -0.25) is 9.36 Å². The summed E-state index contributed by atoms with van der Waals surface area (Å²) < 4.78 is 3.74. The highest BCUT2D eigenvalue weighted by atomic mass is 16.3. The van der Waals surface area contributed by atoms with Gasteiger partial charge in [0.15, 0.2) is 0 Å². The molecule has 0 aromatic carbocycles. The lowest BCUT2D eigenvalue weighted by Gasteiger charge is -2.10. The Labute approximate surface area is 113 Å². The van der Waals surface area contributed by atoms with Crippen molar-refractivity contribution in [3.63, 3.8) is 0 Å². The zero-order valence-corrected chi connectivity index (χ0v) is 11.5. The van der Waals surface area contributed by atoms with Crippen molar-refractivity contribution in [2.45, 2.75) is 33.5 Å². The summed E-state index contributed by atoms with van der Waals surface area (Å²) in [5.41, 5.74) is 2.11. The Bertz CT molecular complexity index is 503. The van der Waals surface area contributed by atoms with Crippen molar-refractivity contribution in [3.8, 4) is 0 Å². The molecule has 0 unspecified atom stereocenters. The van der Waals surface area contributed by atoms with E-state index in [4.69, 9.17) is 5.11 Å². The molecule has 2 heterocycles. The Hall–Kier alpha value is -1.82. The lowest BCUT2D eigenvalue weighted by Crippen LogP contribution is -2.12. The van der Waals surface area contributed by atoms with Crippen molar-refractivity contribution >= 4 is 5.69 Å². The molecule has 2 aromatic heterocycles. The van der Waals surface area contributed by atoms with Crippen LogP contribution in [0.4, 0.5) is 5.69 Å². The summed E-state index contributed by atoms with van der Waals surface area (Å²) in [5, 5.41) is 20.6. The number of rotatable bonds is 7. The predicted octanol–water partition coefficient (Wildman–Crippen LogP) is 1.34. The summed E-state index contributed by atoms with van der Waals surface area (Å²) in [6.45, 7) is 6.62. The van der Waals surface area contributed by atoms with E-state index >= 15 is 0 Å². The number of aromatic nitrogens is 4. The molecule has 0 aliphatic heterocycles. The van der Waals surface area contributed by atoms with Crippen molar-refractivity contribution in [1.82, 2.24) is 19.6 Å². The highest BCUT2D eigenvalue weighted by molar-refractivity contribution is 5.38. The molecule has 6 heteroatoms. The second kappa shape index (κ2) is 6.38. The van der Waals surface area contributed by atoms with Crippen molar-refractivity contribution in [2.24, 2.45) is 5.92 Å². The first-order chi connectivity index (χ1) is 9.19. The maximum atomic E-state index is 8.84. The minimum Gasteiger partial charge on any atom is -0.394 e. The second-order valence-electron chi connectivity index (χ2n) is 4.97. The molecule has 2 rings (SSSR count). The van der Waals surface area contributed by atoms with Crippen LogP contribution in [-0.4, -0.2) is 31.3 Å². The molecule has 0 aliphatic carbocycles. The lowest BCUT2D eigenvalue weighted by molar-refractivity contribution is 0.269. The molecule has 19 heavy (non-hydrogen) atoms. The zero-order valence-electron chi connectivity index (χ0n) is 11.5. The van der Waals surface area contributed by atoms with Gasteiger partial charge in [0.1, 0.15) is 0 Å². The van der Waals surface area contributed by atoms with Gasteiger partial charge in [-0.15, -0.1) is 0 Å². The maximum absolute atomic E-state index is 8.84. The van der Waals surface area contributed by atoms with Crippen LogP contribution >= 0.6 is 0 Å². The van der Waals surface area contributed by atoms with Crippen LogP contribution in [0.1, 0.15) is 19.5 Å². The van der Waals surface area contributed by atoms with Crippen LogP contribution in [-0.2, 0) is 19.6 Å². The monoisotopic (exact) mass is 263 g/mol. The molecule has 0 amide bonds. The van der Waals surface area contributed by atoms with E-state index in [1.54, 1.807) is 10.9 Å². The van der Waals surface area contributed by atoms with Crippen LogP contribution in [0, 0.1) is 5.92 Å². The first kappa shape index (κ1) is 13.6. The minimum absolute atomic E-state index is 0.0995. The van der Waals surface area contributed by atoms with Gasteiger partial charge in [0, 0.05) is 18.9 Å². The molecule has 2 N–H and O–H groups in total. The van der Waals surface area contributed by atoms with E-state index in [2.05, 4.69) is 29.4 Å². The van der Waals surface area contributed by atoms with Crippen LogP contribution in [0.15, 0.2) is 24.7 Å². The van der Waals surface area contributed by atoms with E-state index in [0.29, 0.717) is 12.5 Å². The Morgan fingerprint density at radius 3 is 2.95 bits per heavy atom. The van der Waals surface area contributed by atoms with Crippen molar-refractivity contribution < 1.29 is 5.11 Å². The van der Waals surface area contributed by atoms with E-state index in [9.17, 15) is 0 Å². The number of anilines is 1. The zero-order chi connectivity index (χ0) is 13.7. The van der Waals surface area contributed by atoms with Gasteiger partial charge in [-0.1, -0.05) is 13.8 Å². The third-order valence-corrected chi connectivity index (χ3v) is 2.78. The molecular weight excluding hydrogens is 242 g/mol. The van der Waals surface area contributed by atoms with Gasteiger partial charge in [-0.05, 0) is 12.0 Å². The van der Waals surface area contributed by atoms with E-state index in [1.165, 1.54) is 0 Å². The SMILES string of the molecule is CC(C)Cn1nccc1CNc1cnn(CCO)c1. The minimum atomic E-state index is 0.0995. The van der Waals surface area contributed by atoms with Crippen LogP contribution in [0.3, 0.4) is 0 Å². The van der Waals surface area contributed by atoms with Crippen LogP contribution in [0.2, 0.25) is 0 Å². The number of nitrogens with one attached hydrogen (secondary N) is 1. The summed E-state index contributed by atoms with van der Waals surface area (Å²) in [5.74, 6) is 0.575. The average Bonchev–Trinajstić information content (AvgIpc) is 2.96. The molecule has 0 atom stereocenters. The Morgan fingerprint density at radius 2 is 2.21 bits per heavy atom. The van der Waals surface area contributed by atoms with Gasteiger partial charge in [-0.2, -0.15) is 10.2 Å². The fourth-order valence-electron chi connectivity index (χ4n) is 1.89. The van der Waals surface area contributed by atoms with Gasteiger partial charge in [0.25, 0.3) is 0 Å². The molecule has 0 fully saturated rings. The van der Waals surface area contributed by atoms with Crippen LogP contribution in [0.25, 0.3) is 0 Å². The highest BCUT2D eigenvalue weighted by Crippen LogP contribution is 2.09. The smallest absolute Gasteiger partial charge is 0.0729 e. The third-order valence-electron chi connectivity index (χ3n) is 2.78. The molecular formula is C13H21N5O. The van der Waals surface area contributed by atoms with Crippen LogP contribution in [0.5, 0.6) is 0 Å². The van der Waals surface area contributed by atoms with Crippen molar-refractivity contribution in [2.75, 3.05) is 11.9 Å². The average molecular weight is 263 g/mol. The first-order valence-electron chi connectivity index (χ1n) is 6.57. The van der Waals surface area contributed by atoms with E-state index in [1.807, 2.05) is 23.1 Å². The van der Waals surface area contributed by atoms with Crippen LogP contribution < -0.4 is 5.32 Å². The highest BCUT2D eigenvalue weighted by Gasteiger charge is 2.05. The molecule has 0 bridgehead atoms. The molecule has 0 spiro atoms. The Morgan fingerprint density at radius 1 is 1.37 bits per heavy atom. The normalized spacial score (nSPS) is 11.2. The predicted molar refractivity (Wildman–Crippen MR) is 73.7 cm³/mol. The summed E-state index contributed by atoms with van der Waals surface area (Å²) in [7, 11) is 0. The molecule has 6 nitrogen and oxygen atoms in total. The van der Waals surface area contributed by atoms with Gasteiger partial charge in [0.2, 0.25) is 0 Å². The van der Waals surface area contributed by atoms with Gasteiger partial charge >= 0.3 is 0 Å². The quantitative estimate of drug-likeness (QED) is 0.791. The lowest BCUT2D eigenvalue weighted by atomic mass is 10.2. The molecule has 0 saturated heterocycles. The third kappa shape index (κ3) is 3.82. The number of aliphatic hydroxyl groups is 1. The van der Waals surface area contributed by atoms with E-state index in [-0.39, 0.29) is 6.61 Å². The summed E-state index contributed by atoms with van der Waals surface area (Å²) in [6, 6.07) is 2.02. The maximum Gasteiger partial charge on any atom is 0.0729 e. The number of nitrogens with zero attached hydrogens (tertiary/aromatic N) is 4. The fourth-order valence-corrected chi connectivity index (χ4v) is 1.89. The van der Waals surface area contributed by atoms with E-state index in [0.717, 1.165) is 24.5 Å². The van der Waals surface area contributed by atoms with Gasteiger partial charge in [-0.25, -0.2) is 0 Å². The Balaban J connectivity index is 1.92. The van der Waals surface area contributed by atoms with Gasteiger partial charge in [0.05, 0.1) is 37.3 Å². The summed E-state index contributed by atoms with van der Waals surface area (Å²) in [4.78, 5) is 0. The number of aliphatic hydroxyl groups excluding tert-OH is 1. The number of hydrogen-bond acceptors (Lipinski definition) is 4. The van der Waals surface area contributed by atoms with Crippen molar-refractivity contribution in [1.29, 1.82) is 0 Å². The van der Waals surface area contributed by atoms with Gasteiger partial charge < -0.3 is 10.4 Å². The Kier molecular flexibility index (Phi) is 4.57. The second-order valence-corrected chi connectivity index (χ2v) is 4.97. The molecule has 2 aromatic rings. The standard InChI is InChI=1S/C13H21N5O/c1-11(2)9-18-13(3-4-15-18)8-14-12-7-16-17(10-12)5-6-19/h3-4,7,10-11,14,19H,5-6,8-9H2,1-2H3. The summed E-state index contributed by atoms with van der Waals surface area (Å²) >= 11 is 0. The molecule has 0 radical (unpaired) electrons. The molecule has 0 aliphatic rings. The first-order valence-corrected chi connectivity index (χ1v) is 6.57. The summed E-state index contributed by atoms with van der Waals surface area (Å²) in [6.07, 6.45) is 5.48. The fraction of sp³-hybridized carbons (Fsp3) is 0.538. The topological polar surface area (TPSA) is 67.9 Å². The molecule has 104 valence electrons. The largest absolute Gasteiger partial charge is 0.394 e. The number of hydrogen-bond donors (Lipinski definition) is 2. The molecule has 0 saturated carbocycles. The van der Waals surface area contributed by atoms with Crippen molar-refractivity contribution in [3.05, 3.63) is 30.4 Å². The van der Waals surface area contributed by atoms with E-state index < -0.39 is 0 Å².